The SMILES string of the molecule is O=C1OCc2c1c(-c1ccc3c(c1)OCO3)c1cc(CO)c(CO)cc1c2Nc1ccc(C(F)(F)F)cc1. The zero-order valence-corrected chi connectivity index (χ0v) is 19.7. The van der Waals surface area contributed by atoms with Crippen molar-refractivity contribution in [3.63, 3.8) is 0 Å². The molecule has 0 atom stereocenters. The monoisotopic (exact) mass is 523 g/mol. The smallest absolute Gasteiger partial charge is 0.416 e. The van der Waals surface area contributed by atoms with Gasteiger partial charge in [0.15, 0.2) is 11.5 Å². The zero-order valence-electron chi connectivity index (χ0n) is 19.7. The molecule has 0 aromatic heterocycles. The fourth-order valence-corrected chi connectivity index (χ4v) is 4.93. The third-order valence-electron chi connectivity index (χ3n) is 6.77. The molecule has 0 saturated carbocycles. The van der Waals surface area contributed by atoms with Gasteiger partial charge in [0.1, 0.15) is 6.61 Å². The first-order chi connectivity index (χ1) is 18.3. The van der Waals surface area contributed by atoms with E-state index in [0.29, 0.717) is 67.0 Å². The van der Waals surface area contributed by atoms with Crippen molar-refractivity contribution >= 4 is 28.1 Å². The Bertz CT molecular complexity index is 1600. The van der Waals surface area contributed by atoms with Gasteiger partial charge >= 0.3 is 12.1 Å². The van der Waals surface area contributed by atoms with E-state index in [9.17, 15) is 28.2 Å². The molecule has 0 unspecified atom stereocenters. The molecular formula is C28H20F3NO6. The van der Waals surface area contributed by atoms with Crippen LogP contribution in [0.15, 0.2) is 54.6 Å². The van der Waals surface area contributed by atoms with Crippen molar-refractivity contribution < 1.29 is 42.4 Å². The van der Waals surface area contributed by atoms with Crippen molar-refractivity contribution in [2.75, 3.05) is 12.1 Å². The molecule has 10 heteroatoms. The van der Waals surface area contributed by atoms with Crippen LogP contribution in [-0.4, -0.2) is 23.0 Å². The van der Waals surface area contributed by atoms with E-state index in [-0.39, 0.29) is 26.6 Å². The number of alkyl halides is 3. The van der Waals surface area contributed by atoms with Gasteiger partial charge in [0, 0.05) is 22.2 Å². The summed E-state index contributed by atoms with van der Waals surface area (Å²) in [6.45, 7) is -0.682. The fourth-order valence-electron chi connectivity index (χ4n) is 4.93. The topological polar surface area (TPSA) is 97.3 Å². The van der Waals surface area contributed by atoms with Crippen molar-refractivity contribution in [2.24, 2.45) is 0 Å². The van der Waals surface area contributed by atoms with Crippen LogP contribution in [0.1, 0.15) is 32.6 Å². The van der Waals surface area contributed by atoms with Gasteiger partial charge in [0.05, 0.1) is 30.0 Å². The molecule has 7 nitrogen and oxygen atoms in total. The molecule has 6 rings (SSSR count). The quantitative estimate of drug-likeness (QED) is 0.291. The minimum atomic E-state index is -4.48. The summed E-state index contributed by atoms with van der Waals surface area (Å²) in [4.78, 5) is 13.1. The Morgan fingerprint density at radius 2 is 1.50 bits per heavy atom. The van der Waals surface area contributed by atoms with Crippen molar-refractivity contribution in [3.05, 3.63) is 82.4 Å². The molecule has 0 radical (unpaired) electrons. The number of anilines is 2. The Balaban J connectivity index is 1.61. The summed E-state index contributed by atoms with van der Waals surface area (Å²) in [6, 6.07) is 13.2. The number of hydrogen-bond donors (Lipinski definition) is 3. The van der Waals surface area contributed by atoms with Crippen molar-refractivity contribution in [2.45, 2.75) is 26.0 Å². The molecule has 2 heterocycles. The Morgan fingerprint density at radius 1 is 0.816 bits per heavy atom. The number of fused-ring (bicyclic) bond motifs is 3. The maximum Gasteiger partial charge on any atom is 0.416 e. The second-order valence-corrected chi connectivity index (χ2v) is 8.93. The number of ether oxygens (including phenoxy) is 3. The number of esters is 1. The second kappa shape index (κ2) is 8.93. The average Bonchev–Trinajstić information content (AvgIpc) is 3.54. The minimum absolute atomic E-state index is 0.0547. The van der Waals surface area contributed by atoms with E-state index < -0.39 is 17.7 Å². The van der Waals surface area contributed by atoms with Crippen LogP contribution < -0.4 is 14.8 Å². The molecular weight excluding hydrogens is 503 g/mol. The van der Waals surface area contributed by atoms with Crippen molar-refractivity contribution in [1.29, 1.82) is 0 Å². The van der Waals surface area contributed by atoms with E-state index in [1.807, 2.05) is 0 Å². The molecule has 3 N–H and O–H groups in total. The molecule has 194 valence electrons. The first-order valence-corrected chi connectivity index (χ1v) is 11.7. The first-order valence-electron chi connectivity index (χ1n) is 11.7. The maximum atomic E-state index is 13.1. The summed E-state index contributed by atoms with van der Waals surface area (Å²) in [5, 5.41) is 24.3. The Hall–Kier alpha value is -4.28. The molecule has 0 amide bonds. The lowest BCUT2D eigenvalue weighted by Crippen LogP contribution is -2.06. The predicted molar refractivity (Wildman–Crippen MR) is 131 cm³/mol. The molecule has 0 fully saturated rings. The highest BCUT2D eigenvalue weighted by Crippen LogP contribution is 2.47. The molecule has 0 bridgehead atoms. The number of benzene rings is 4. The number of aliphatic hydroxyl groups excluding tert-OH is 2. The first kappa shape index (κ1) is 24.1. The zero-order chi connectivity index (χ0) is 26.6. The Morgan fingerprint density at radius 3 is 2.18 bits per heavy atom. The third-order valence-corrected chi connectivity index (χ3v) is 6.77. The number of carbonyl (C=O) groups is 1. The summed E-state index contributed by atoms with van der Waals surface area (Å²) in [6.07, 6.45) is -4.48. The maximum absolute atomic E-state index is 13.1. The van der Waals surface area contributed by atoms with E-state index in [0.717, 1.165) is 12.1 Å². The highest BCUT2D eigenvalue weighted by molar-refractivity contribution is 6.16. The van der Waals surface area contributed by atoms with Crippen LogP contribution in [0, 0.1) is 0 Å². The van der Waals surface area contributed by atoms with Gasteiger partial charge in [-0.25, -0.2) is 4.79 Å². The summed E-state index contributed by atoms with van der Waals surface area (Å²) in [5.41, 5.74) is 3.00. The number of nitrogens with one attached hydrogen (secondary N) is 1. The number of hydrogen-bond acceptors (Lipinski definition) is 7. The third kappa shape index (κ3) is 3.89. The largest absolute Gasteiger partial charge is 0.457 e. The molecule has 0 spiro atoms. The summed E-state index contributed by atoms with van der Waals surface area (Å²) in [7, 11) is 0. The van der Waals surface area contributed by atoms with Crippen molar-refractivity contribution in [3.8, 4) is 22.6 Å². The van der Waals surface area contributed by atoms with Crippen LogP contribution >= 0.6 is 0 Å². The predicted octanol–water partition coefficient (Wildman–Crippen LogP) is 5.65. The van der Waals surface area contributed by atoms with Gasteiger partial charge in [-0.1, -0.05) is 6.07 Å². The second-order valence-electron chi connectivity index (χ2n) is 8.93. The summed E-state index contributed by atoms with van der Waals surface area (Å²) < 4.78 is 55.6. The molecule has 2 aliphatic heterocycles. The van der Waals surface area contributed by atoms with Gasteiger partial charge in [-0.2, -0.15) is 13.2 Å². The van der Waals surface area contributed by atoms with Crippen LogP contribution in [0.25, 0.3) is 21.9 Å². The Kier molecular flexibility index (Phi) is 5.66. The number of cyclic esters (lactones) is 1. The van der Waals surface area contributed by atoms with Gasteiger partial charge in [-0.05, 0) is 70.6 Å². The summed E-state index contributed by atoms with van der Waals surface area (Å²) >= 11 is 0. The van der Waals surface area contributed by atoms with Crippen LogP contribution in [0.4, 0.5) is 24.5 Å². The lowest BCUT2D eigenvalue weighted by Gasteiger charge is -2.20. The van der Waals surface area contributed by atoms with Crippen LogP contribution in [0.2, 0.25) is 0 Å². The average molecular weight is 523 g/mol. The van der Waals surface area contributed by atoms with E-state index in [1.54, 1.807) is 30.3 Å². The van der Waals surface area contributed by atoms with Gasteiger partial charge in [-0.3, -0.25) is 0 Å². The minimum Gasteiger partial charge on any atom is -0.457 e. The van der Waals surface area contributed by atoms with Gasteiger partial charge < -0.3 is 29.7 Å². The number of halogens is 3. The molecule has 0 saturated heterocycles. The normalized spacial score (nSPS) is 14.1. The van der Waals surface area contributed by atoms with E-state index >= 15 is 0 Å². The summed E-state index contributed by atoms with van der Waals surface area (Å²) in [5.74, 6) is 0.524. The molecule has 38 heavy (non-hydrogen) atoms. The van der Waals surface area contributed by atoms with Gasteiger partial charge in [0.2, 0.25) is 6.79 Å². The number of aliphatic hydroxyl groups is 2. The van der Waals surface area contributed by atoms with E-state index in [1.165, 1.54) is 12.1 Å². The highest BCUT2D eigenvalue weighted by Gasteiger charge is 2.33. The lowest BCUT2D eigenvalue weighted by atomic mass is 9.87. The van der Waals surface area contributed by atoms with E-state index in [4.69, 9.17) is 14.2 Å². The van der Waals surface area contributed by atoms with Crippen LogP contribution in [0.5, 0.6) is 11.5 Å². The Labute approximate surface area is 214 Å². The number of carbonyl (C=O) groups excluding carboxylic acids is 1. The number of rotatable bonds is 5. The van der Waals surface area contributed by atoms with Crippen molar-refractivity contribution in [1.82, 2.24) is 0 Å². The van der Waals surface area contributed by atoms with Crippen LogP contribution in [-0.2, 0) is 30.7 Å². The lowest BCUT2D eigenvalue weighted by molar-refractivity contribution is -0.137. The van der Waals surface area contributed by atoms with Crippen LogP contribution in [0.3, 0.4) is 0 Å². The molecule has 4 aromatic rings. The van der Waals surface area contributed by atoms with Gasteiger partial charge in [0.25, 0.3) is 0 Å². The van der Waals surface area contributed by atoms with E-state index in [2.05, 4.69) is 5.32 Å². The van der Waals surface area contributed by atoms with Gasteiger partial charge in [-0.15, -0.1) is 0 Å². The molecule has 2 aliphatic rings. The standard InChI is InChI=1S/C28H20F3NO6/c29-28(30,31)17-2-4-18(5-3-17)32-26-20-8-16(11-34)15(10-33)7-19(20)24(25-21(26)12-36-27(25)35)14-1-6-22-23(9-14)38-13-37-22/h1-9,32-34H,10-13H2. The molecule has 0 aliphatic carbocycles. The highest BCUT2D eigenvalue weighted by atomic mass is 19.4. The fraction of sp³-hybridized carbons (Fsp3) is 0.179. The molecule has 4 aromatic carbocycles.